The van der Waals surface area contributed by atoms with E-state index in [0.717, 1.165) is 4.90 Å². The van der Waals surface area contributed by atoms with E-state index in [1.54, 1.807) is 54.7 Å². The van der Waals surface area contributed by atoms with Gasteiger partial charge in [0.15, 0.2) is 12.8 Å². The standard InChI is InChI=1S/C18H15ClN2O3/c19-12-4-3-5-13(10-12)21-17(23)15-7-2-1-6-14(15)16(18(21)24)11-20-8-9-22/h1-7,10-11,16,22H,8-9H2/p+1. The molecule has 0 bridgehead atoms. The monoisotopic (exact) mass is 343 g/mol. The lowest BCUT2D eigenvalue weighted by molar-refractivity contribution is -0.456. The van der Waals surface area contributed by atoms with E-state index in [2.05, 4.69) is 4.99 Å². The van der Waals surface area contributed by atoms with E-state index in [0.29, 0.717) is 28.4 Å². The molecule has 0 saturated carbocycles. The van der Waals surface area contributed by atoms with Gasteiger partial charge in [-0.2, -0.15) is 0 Å². The summed E-state index contributed by atoms with van der Waals surface area (Å²) in [6, 6.07) is 13.7. The number of anilines is 1. The fourth-order valence-electron chi connectivity index (χ4n) is 2.74. The summed E-state index contributed by atoms with van der Waals surface area (Å²) in [4.78, 5) is 29.8. The number of carbonyl (C=O) groups excluding carboxylic acids is 2. The van der Waals surface area contributed by atoms with Gasteiger partial charge < -0.3 is 5.11 Å². The Labute approximate surface area is 144 Å². The number of halogens is 1. The maximum absolute atomic E-state index is 12.9. The predicted molar refractivity (Wildman–Crippen MR) is 91.4 cm³/mol. The summed E-state index contributed by atoms with van der Waals surface area (Å²) in [6.45, 7) is 0.285. The Hall–Kier alpha value is -2.50. The predicted octanol–water partition coefficient (Wildman–Crippen LogP) is 0.754. The molecule has 1 unspecified atom stereocenters. The van der Waals surface area contributed by atoms with E-state index in [1.807, 2.05) is 0 Å². The maximum Gasteiger partial charge on any atom is 0.265 e. The van der Waals surface area contributed by atoms with E-state index in [1.165, 1.54) is 0 Å². The maximum atomic E-state index is 12.9. The molecule has 2 amide bonds. The summed E-state index contributed by atoms with van der Waals surface area (Å²) in [5, 5.41) is 9.36. The highest BCUT2D eigenvalue weighted by Gasteiger charge is 2.40. The number of hydrogen-bond donors (Lipinski definition) is 2. The number of fused-ring (bicyclic) bond motifs is 1. The summed E-state index contributed by atoms with van der Waals surface area (Å²) in [5.41, 5.74) is 1.56. The number of nitrogens with zero attached hydrogens (tertiary/aromatic N) is 1. The highest BCUT2D eigenvalue weighted by molar-refractivity contribution is 6.32. The largest absolute Gasteiger partial charge is 0.390 e. The van der Waals surface area contributed by atoms with Crippen molar-refractivity contribution in [1.82, 2.24) is 0 Å². The molecule has 1 heterocycles. The minimum atomic E-state index is -0.621. The Morgan fingerprint density at radius 3 is 2.71 bits per heavy atom. The average Bonchev–Trinajstić information content (AvgIpc) is 2.58. The van der Waals surface area contributed by atoms with Crippen LogP contribution in [0.15, 0.2) is 48.5 Å². The van der Waals surface area contributed by atoms with Gasteiger partial charge in [-0.25, -0.2) is 9.89 Å². The number of aliphatic hydroxyl groups is 1. The minimum Gasteiger partial charge on any atom is -0.390 e. The van der Waals surface area contributed by atoms with Crippen LogP contribution >= 0.6 is 11.6 Å². The molecular formula is C18H16ClN2O3+. The first-order valence-electron chi connectivity index (χ1n) is 7.54. The van der Waals surface area contributed by atoms with Gasteiger partial charge in [0.05, 0.1) is 5.69 Å². The van der Waals surface area contributed by atoms with Crippen molar-refractivity contribution in [3.8, 4) is 0 Å². The molecular weight excluding hydrogens is 328 g/mol. The summed E-state index contributed by atoms with van der Waals surface area (Å²) in [5.74, 6) is -1.35. The Kier molecular flexibility index (Phi) is 4.74. The molecule has 0 aliphatic carbocycles. The molecule has 0 radical (unpaired) electrons. The van der Waals surface area contributed by atoms with Gasteiger partial charge in [-0.3, -0.25) is 9.59 Å². The van der Waals surface area contributed by atoms with Crippen molar-refractivity contribution >= 4 is 35.3 Å². The number of hydrogen-bond acceptors (Lipinski definition) is 3. The van der Waals surface area contributed by atoms with E-state index in [4.69, 9.17) is 16.7 Å². The molecule has 2 N–H and O–H groups in total. The zero-order valence-electron chi connectivity index (χ0n) is 12.8. The third-order valence-corrected chi connectivity index (χ3v) is 4.06. The van der Waals surface area contributed by atoms with Crippen LogP contribution in [0.5, 0.6) is 0 Å². The first-order valence-corrected chi connectivity index (χ1v) is 7.91. The molecule has 1 aliphatic rings. The lowest BCUT2D eigenvalue weighted by Gasteiger charge is -2.30. The average molecular weight is 344 g/mol. The van der Waals surface area contributed by atoms with Crippen LogP contribution < -0.4 is 9.89 Å². The number of carbonyl (C=O) groups is 2. The van der Waals surface area contributed by atoms with Gasteiger partial charge in [-0.15, -0.1) is 0 Å². The molecule has 1 aliphatic heterocycles. The number of amides is 2. The molecule has 5 nitrogen and oxygen atoms in total. The summed E-state index contributed by atoms with van der Waals surface area (Å²) < 4.78 is 0. The van der Waals surface area contributed by atoms with Crippen LogP contribution in [-0.4, -0.2) is 36.3 Å². The van der Waals surface area contributed by atoms with Crippen molar-refractivity contribution in [2.75, 3.05) is 18.1 Å². The van der Waals surface area contributed by atoms with Crippen LogP contribution in [0.1, 0.15) is 21.8 Å². The van der Waals surface area contributed by atoms with Gasteiger partial charge in [0.25, 0.3) is 11.8 Å². The topological polar surface area (TPSA) is 71.6 Å². The van der Waals surface area contributed by atoms with E-state index in [9.17, 15) is 9.59 Å². The van der Waals surface area contributed by atoms with Gasteiger partial charge in [-0.05, 0) is 29.8 Å². The van der Waals surface area contributed by atoms with Crippen LogP contribution in [0.4, 0.5) is 5.69 Å². The van der Waals surface area contributed by atoms with Crippen LogP contribution in [-0.2, 0) is 4.79 Å². The van der Waals surface area contributed by atoms with Crippen molar-refractivity contribution in [3.05, 3.63) is 64.7 Å². The number of aliphatic hydroxyl groups excluding tert-OH is 1. The van der Waals surface area contributed by atoms with Gasteiger partial charge in [0, 0.05) is 10.6 Å². The highest BCUT2D eigenvalue weighted by atomic mass is 35.5. The zero-order valence-corrected chi connectivity index (χ0v) is 13.5. The molecule has 2 aromatic rings. The quantitative estimate of drug-likeness (QED) is 0.636. The molecule has 2 aromatic carbocycles. The van der Waals surface area contributed by atoms with Gasteiger partial charge >= 0.3 is 0 Å². The molecule has 122 valence electrons. The molecule has 0 spiro atoms. The fourth-order valence-corrected chi connectivity index (χ4v) is 2.93. The van der Waals surface area contributed by atoms with Crippen LogP contribution in [0.3, 0.4) is 0 Å². The first kappa shape index (κ1) is 16.4. The molecule has 6 heteroatoms. The third-order valence-electron chi connectivity index (χ3n) is 3.82. The Morgan fingerprint density at radius 1 is 1.17 bits per heavy atom. The molecule has 0 aromatic heterocycles. The van der Waals surface area contributed by atoms with Crippen LogP contribution in [0.2, 0.25) is 5.02 Å². The Morgan fingerprint density at radius 2 is 1.96 bits per heavy atom. The van der Waals surface area contributed by atoms with Crippen molar-refractivity contribution in [3.63, 3.8) is 0 Å². The number of imide groups is 1. The first-order chi connectivity index (χ1) is 11.6. The van der Waals surface area contributed by atoms with Gasteiger partial charge in [0.2, 0.25) is 0 Å². The summed E-state index contributed by atoms with van der Waals surface area (Å²) >= 11 is 6.00. The molecule has 1 atom stereocenters. The van der Waals surface area contributed by atoms with Crippen molar-refractivity contribution < 1.29 is 19.7 Å². The minimum absolute atomic E-state index is 0.0456. The molecule has 0 fully saturated rings. The lowest BCUT2D eigenvalue weighted by Crippen LogP contribution is -2.71. The van der Waals surface area contributed by atoms with E-state index >= 15 is 0 Å². The van der Waals surface area contributed by atoms with Crippen molar-refractivity contribution in [1.29, 1.82) is 0 Å². The Balaban J connectivity index is 2.09. The molecule has 0 saturated heterocycles. The number of nitrogens with one attached hydrogen (secondary N) is 1. The van der Waals surface area contributed by atoms with Crippen LogP contribution in [0, 0.1) is 0 Å². The SMILES string of the molecule is O=C1c2ccccc2C(C=[NH+]CCO)C(=O)N1c1cccc(Cl)c1. The normalized spacial score (nSPS) is 17.4. The van der Waals surface area contributed by atoms with Crippen molar-refractivity contribution in [2.24, 2.45) is 0 Å². The second-order valence-electron chi connectivity index (χ2n) is 5.37. The second kappa shape index (κ2) is 6.95. The van der Waals surface area contributed by atoms with Crippen molar-refractivity contribution in [2.45, 2.75) is 5.92 Å². The smallest absolute Gasteiger partial charge is 0.265 e. The number of rotatable bonds is 4. The summed E-state index contributed by atoms with van der Waals surface area (Å²) in [7, 11) is 0. The van der Waals surface area contributed by atoms with E-state index in [-0.39, 0.29) is 18.4 Å². The van der Waals surface area contributed by atoms with Gasteiger partial charge in [-0.1, -0.05) is 35.9 Å². The lowest BCUT2D eigenvalue weighted by atomic mass is 9.89. The van der Waals surface area contributed by atoms with Crippen LogP contribution in [0.25, 0.3) is 0 Å². The highest BCUT2D eigenvalue weighted by Crippen LogP contribution is 2.32. The molecule has 24 heavy (non-hydrogen) atoms. The molecule has 3 rings (SSSR count). The summed E-state index contributed by atoms with van der Waals surface area (Å²) in [6.07, 6.45) is 1.61. The third kappa shape index (κ3) is 2.96. The Bertz CT molecular complexity index is 819. The fraction of sp³-hybridized carbons (Fsp3) is 0.167. The van der Waals surface area contributed by atoms with Gasteiger partial charge in [0.1, 0.15) is 12.5 Å². The zero-order chi connectivity index (χ0) is 17.1. The van der Waals surface area contributed by atoms with E-state index < -0.39 is 5.92 Å². The second-order valence-corrected chi connectivity index (χ2v) is 5.80. The number of benzene rings is 2.